The van der Waals surface area contributed by atoms with Gasteiger partial charge >= 0.3 is 6.18 Å². The maximum Gasteiger partial charge on any atom is 0.416 e. The van der Waals surface area contributed by atoms with Crippen LogP contribution >= 0.6 is 12.2 Å². The van der Waals surface area contributed by atoms with E-state index in [1.165, 1.54) is 18.4 Å². The van der Waals surface area contributed by atoms with Gasteiger partial charge in [-0.05, 0) is 42.5 Å². The second kappa shape index (κ2) is 7.36. The van der Waals surface area contributed by atoms with Crippen molar-refractivity contribution in [1.29, 1.82) is 0 Å². The number of halogens is 3. The van der Waals surface area contributed by atoms with E-state index in [9.17, 15) is 18.0 Å². The van der Waals surface area contributed by atoms with E-state index >= 15 is 0 Å². The van der Waals surface area contributed by atoms with E-state index < -0.39 is 11.7 Å². The zero-order chi connectivity index (χ0) is 18.7. The van der Waals surface area contributed by atoms with Gasteiger partial charge in [-0.15, -0.1) is 0 Å². The van der Waals surface area contributed by atoms with Crippen molar-refractivity contribution in [2.75, 3.05) is 31.5 Å². The number of nitrogens with one attached hydrogen (secondary N) is 1. The highest BCUT2D eigenvalue weighted by Gasteiger charge is 2.30. The first-order chi connectivity index (χ1) is 12.3. The van der Waals surface area contributed by atoms with E-state index in [4.69, 9.17) is 16.6 Å². The molecule has 3 rings (SSSR count). The minimum absolute atomic E-state index is 0.189. The SMILES string of the molecule is O=C(c1ccco1)N1CCN(C(=S)Nc2cccc(C(F)(F)F)c2)CC1. The third kappa shape index (κ3) is 4.16. The summed E-state index contributed by atoms with van der Waals surface area (Å²) in [5.41, 5.74) is -0.460. The van der Waals surface area contributed by atoms with Gasteiger partial charge in [0.2, 0.25) is 0 Å². The van der Waals surface area contributed by atoms with Gasteiger partial charge in [0.05, 0.1) is 11.8 Å². The summed E-state index contributed by atoms with van der Waals surface area (Å²) in [5.74, 6) is 0.0922. The lowest BCUT2D eigenvalue weighted by atomic mass is 10.2. The molecule has 138 valence electrons. The van der Waals surface area contributed by atoms with E-state index in [1.807, 2.05) is 4.90 Å². The maximum atomic E-state index is 12.8. The summed E-state index contributed by atoms with van der Waals surface area (Å²) in [6.07, 6.45) is -2.96. The molecule has 1 aromatic carbocycles. The standard InChI is InChI=1S/C17H16F3N3O2S/c18-17(19,20)12-3-1-4-13(11-12)21-16(26)23-8-6-22(7-9-23)15(24)14-5-2-10-25-14/h1-5,10-11H,6-9H2,(H,21,26). The molecule has 1 amide bonds. The number of hydrogen-bond donors (Lipinski definition) is 1. The molecule has 5 nitrogen and oxygen atoms in total. The van der Waals surface area contributed by atoms with Gasteiger partial charge < -0.3 is 19.5 Å². The van der Waals surface area contributed by atoms with Crippen molar-refractivity contribution < 1.29 is 22.4 Å². The van der Waals surface area contributed by atoms with Crippen molar-refractivity contribution in [1.82, 2.24) is 9.80 Å². The molecule has 1 aliphatic rings. The fourth-order valence-electron chi connectivity index (χ4n) is 2.64. The highest BCUT2D eigenvalue weighted by Crippen LogP contribution is 2.30. The minimum Gasteiger partial charge on any atom is -0.459 e. The molecular weight excluding hydrogens is 367 g/mol. The van der Waals surface area contributed by atoms with Crippen LogP contribution in [0.25, 0.3) is 0 Å². The Morgan fingerprint density at radius 1 is 1.08 bits per heavy atom. The monoisotopic (exact) mass is 383 g/mol. The lowest BCUT2D eigenvalue weighted by Gasteiger charge is -2.35. The predicted octanol–water partition coefficient (Wildman–Crippen LogP) is 3.45. The average Bonchev–Trinajstić information content (AvgIpc) is 3.15. The Morgan fingerprint density at radius 2 is 1.77 bits per heavy atom. The molecule has 26 heavy (non-hydrogen) atoms. The predicted molar refractivity (Wildman–Crippen MR) is 93.8 cm³/mol. The number of rotatable bonds is 2. The number of anilines is 1. The Labute approximate surface area is 153 Å². The molecule has 1 N–H and O–H groups in total. The molecule has 0 saturated carbocycles. The quantitative estimate of drug-likeness (QED) is 0.805. The van der Waals surface area contributed by atoms with Gasteiger partial charge in [-0.25, -0.2) is 0 Å². The molecule has 0 bridgehead atoms. The lowest BCUT2D eigenvalue weighted by Crippen LogP contribution is -2.51. The van der Waals surface area contributed by atoms with Crippen LogP contribution in [0.4, 0.5) is 18.9 Å². The van der Waals surface area contributed by atoms with Crippen LogP contribution in [0.3, 0.4) is 0 Å². The summed E-state index contributed by atoms with van der Waals surface area (Å²) in [6.45, 7) is 1.86. The van der Waals surface area contributed by atoms with E-state index in [1.54, 1.807) is 17.0 Å². The third-order valence-electron chi connectivity index (χ3n) is 4.03. The molecule has 2 aromatic rings. The van der Waals surface area contributed by atoms with E-state index in [0.717, 1.165) is 12.1 Å². The molecule has 1 aromatic heterocycles. The Hall–Kier alpha value is -2.55. The molecule has 2 heterocycles. The van der Waals surface area contributed by atoms with Crippen LogP contribution in [0.2, 0.25) is 0 Å². The highest BCUT2D eigenvalue weighted by molar-refractivity contribution is 7.80. The number of benzene rings is 1. The van der Waals surface area contributed by atoms with E-state index in [2.05, 4.69) is 5.32 Å². The van der Waals surface area contributed by atoms with Gasteiger partial charge in [-0.2, -0.15) is 13.2 Å². The van der Waals surface area contributed by atoms with Crippen molar-refractivity contribution in [3.8, 4) is 0 Å². The largest absolute Gasteiger partial charge is 0.459 e. The number of alkyl halides is 3. The summed E-state index contributed by atoms with van der Waals surface area (Å²) in [6, 6.07) is 8.13. The number of piperazine rings is 1. The minimum atomic E-state index is -4.41. The molecule has 0 unspecified atom stereocenters. The van der Waals surface area contributed by atoms with Crippen LogP contribution in [-0.2, 0) is 6.18 Å². The van der Waals surface area contributed by atoms with Crippen molar-refractivity contribution in [3.05, 3.63) is 54.0 Å². The van der Waals surface area contributed by atoms with Gasteiger partial charge in [0, 0.05) is 31.9 Å². The van der Waals surface area contributed by atoms with Gasteiger partial charge in [-0.3, -0.25) is 4.79 Å². The first-order valence-corrected chi connectivity index (χ1v) is 8.31. The highest BCUT2D eigenvalue weighted by atomic mass is 32.1. The van der Waals surface area contributed by atoms with Crippen molar-refractivity contribution in [3.63, 3.8) is 0 Å². The topological polar surface area (TPSA) is 48.7 Å². The van der Waals surface area contributed by atoms with Gasteiger partial charge in [0.25, 0.3) is 5.91 Å². The van der Waals surface area contributed by atoms with Crippen LogP contribution in [0.1, 0.15) is 16.1 Å². The van der Waals surface area contributed by atoms with Gasteiger partial charge in [-0.1, -0.05) is 6.07 Å². The van der Waals surface area contributed by atoms with Crippen LogP contribution in [-0.4, -0.2) is 47.0 Å². The summed E-state index contributed by atoms with van der Waals surface area (Å²) in [5, 5.41) is 3.16. The molecule has 9 heteroatoms. The molecule has 0 radical (unpaired) electrons. The van der Waals surface area contributed by atoms with Gasteiger partial charge in [0.1, 0.15) is 0 Å². The fraction of sp³-hybridized carbons (Fsp3) is 0.294. The number of thiocarbonyl (C=S) groups is 1. The number of carbonyl (C=O) groups is 1. The van der Waals surface area contributed by atoms with Crippen LogP contribution in [0.15, 0.2) is 47.1 Å². The lowest BCUT2D eigenvalue weighted by molar-refractivity contribution is -0.137. The molecule has 1 saturated heterocycles. The van der Waals surface area contributed by atoms with E-state index in [0.29, 0.717) is 31.3 Å². The molecule has 1 fully saturated rings. The summed E-state index contributed by atoms with van der Waals surface area (Å²) < 4.78 is 43.4. The number of furan rings is 1. The van der Waals surface area contributed by atoms with E-state index in [-0.39, 0.29) is 17.4 Å². The van der Waals surface area contributed by atoms with Crippen LogP contribution in [0.5, 0.6) is 0 Å². The Morgan fingerprint density at radius 3 is 2.38 bits per heavy atom. The van der Waals surface area contributed by atoms with Crippen LogP contribution < -0.4 is 5.32 Å². The molecule has 0 aliphatic carbocycles. The number of hydrogen-bond acceptors (Lipinski definition) is 3. The number of amides is 1. The Bertz CT molecular complexity index is 785. The first kappa shape index (κ1) is 18.2. The second-order valence-corrected chi connectivity index (χ2v) is 6.15. The third-order valence-corrected chi connectivity index (χ3v) is 4.39. The summed E-state index contributed by atoms with van der Waals surface area (Å²) >= 11 is 5.29. The van der Waals surface area contributed by atoms with Crippen LogP contribution in [0, 0.1) is 0 Å². The zero-order valence-electron chi connectivity index (χ0n) is 13.6. The molecule has 0 atom stereocenters. The van der Waals surface area contributed by atoms with Crippen molar-refractivity contribution in [2.24, 2.45) is 0 Å². The zero-order valence-corrected chi connectivity index (χ0v) is 14.4. The number of nitrogens with zero attached hydrogens (tertiary/aromatic N) is 2. The molecule has 1 aliphatic heterocycles. The molecule has 0 spiro atoms. The second-order valence-electron chi connectivity index (χ2n) is 5.77. The first-order valence-electron chi connectivity index (χ1n) is 7.90. The summed E-state index contributed by atoms with van der Waals surface area (Å²) in [7, 11) is 0. The normalized spacial score (nSPS) is 15.0. The average molecular weight is 383 g/mol. The number of carbonyl (C=O) groups excluding carboxylic acids is 1. The Kier molecular flexibility index (Phi) is 5.17. The van der Waals surface area contributed by atoms with Gasteiger partial charge in [0.15, 0.2) is 10.9 Å². The smallest absolute Gasteiger partial charge is 0.416 e. The maximum absolute atomic E-state index is 12.8. The van der Waals surface area contributed by atoms with Crippen molar-refractivity contribution in [2.45, 2.75) is 6.18 Å². The fourth-order valence-corrected chi connectivity index (χ4v) is 2.94. The van der Waals surface area contributed by atoms with Crippen molar-refractivity contribution >= 4 is 28.9 Å². The Balaban J connectivity index is 1.57. The summed E-state index contributed by atoms with van der Waals surface area (Å²) in [4.78, 5) is 15.7. The molecular formula is C17H16F3N3O2S.